The fourth-order valence-electron chi connectivity index (χ4n) is 3.41. The molecule has 0 bridgehead atoms. The number of nitro groups is 1. The quantitative estimate of drug-likeness (QED) is 0.250. The number of aromatic nitrogens is 1. The van der Waals surface area contributed by atoms with Gasteiger partial charge in [0, 0.05) is 18.5 Å². The minimum atomic E-state index is -0.844. The van der Waals surface area contributed by atoms with Crippen LogP contribution in [0.1, 0.15) is 36.2 Å². The van der Waals surface area contributed by atoms with Crippen molar-refractivity contribution in [2.24, 2.45) is 0 Å². The molecular weight excluding hydrogens is 398 g/mol. The molecule has 1 heterocycles. The van der Waals surface area contributed by atoms with Gasteiger partial charge in [-0.3, -0.25) is 19.7 Å². The van der Waals surface area contributed by atoms with E-state index in [1.165, 1.54) is 0 Å². The number of carbonyl (C=O) groups is 2. The fourth-order valence-corrected chi connectivity index (χ4v) is 3.41. The average molecular weight is 421 g/mol. The van der Waals surface area contributed by atoms with Gasteiger partial charge in [-0.05, 0) is 18.4 Å². The van der Waals surface area contributed by atoms with Crippen molar-refractivity contribution >= 4 is 17.6 Å². The maximum absolute atomic E-state index is 12.9. The molecule has 2 aromatic carbocycles. The van der Waals surface area contributed by atoms with Gasteiger partial charge in [-0.15, -0.1) is 0 Å². The van der Waals surface area contributed by atoms with Crippen molar-refractivity contribution in [3.8, 4) is 22.4 Å². The third-order valence-corrected chi connectivity index (χ3v) is 4.86. The van der Waals surface area contributed by atoms with E-state index in [4.69, 9.17) is 5.11 Å². The Bertz CT molecular complexity index is 1060. The van der Waals surface area contributed by atoms with Gasteiger partial charge in [0.25, 0.3) is 5.91 Å². The van der Waals surface area contributed by atoms with E-state index in [1.807, 2.05) is 6.07 Å². The number of amides is 1. The van der Waals surface area contributed by atoms with Crippen LogP contribution in [-0.2, 0) is 4.79 Å². The summed E-state index contributed by atoms with van der Waals surface area (Å²) in [6.07, 6.45) is 1.91. The Morgan fingerprint density at radius 1 is 0.935 bits per heavy atom. The Balaban J connectivity index is 1.92. The summed E-state index contributed by atoms with van der Waals surface area (Å²) >= 11 is 0. The lowest BCUT2D eigenvalue weighted by molar-refractivity contribution is -0.383. The first kappa shape index (κ1) is 21.8. The number of unbranched alkanes of at least 4 members (excludes halogenated alkanes) is 2. The van der Waals surface area contributed by atoms with Crippen molar-refractivity contribution in [3.05, 3.63) is 76.5 Å². The van der Waals surface area contributed by atoms with Crippen LogP contribution >= 0.6 is 0 Å². The molecule has 0 saturated heterocycles. The van der Waals surface area contributed by atoms with Crippen LogP contribution in [0.5, 0.6) is 0 Å². The van der Waals surface area contributed by atoms with E-state index in [1.54, 1.807) is 54.6 Å². The van der Waals surface area contributed by atoms with Crippen LogP contribution < -0.4 is 5.32 Å². The molecule has 1 aromatic heterocycles. The number of hydrogen-bond donors (Lipinski definition) is 3. The van der Waals surface area contributed by atoms with Crippen molar-refractivity contribution in [3.63, 3.8) is 0 Å². The minimum Gasteiger partial charge on any atom is -0.481 e. The number of carboxylic acid groups (broad SMARTS) is 1. The van der Waals surface area contributed by atoms with Gasteiger partial charge in [-0.25, -0.2) is 0 Å². The number of benzene rings is 2. The zero-order chi connectivity index (χ0) is 22.2. The summed E-state index contributed by atoms with van der Waals surface area (Å²) < 4.78 is 0. The summed E-state index contributed by atoms with van der Waals surface area (Å²) in [7, 11) is 0. The van der Waals surface area contributed by atoms with Crippen LogP contribution in [0, 0.1) is 10.1 Å². The molecule has 0 fully saturated rings. The van der Waals surface area contributed by atoms with E-state index in [9.17, 15) is 19.7 Å². The Morgan fingerprint density at radius 3 is 2.13 bits per heavy atom. The van der Waals surface area contributed by atoms with Gasteiger partial charge < -0.3 is 15.4 Å². The number of aliphatic carboxylic acids is 1. The lowest BCUT2D eigenvalue weighted by Gasteiger charge is -2.06. The number of hydrogen-bond acceptors (Lipinski definition) is 4. The van der Waals surface area contributed by atoms with Crippen molar-refractivity contribution in [2.45, 2.75) is 25.7 Å². The lowest BCUT2D eigenvalue weighted by atomic mass is 10.0. The zero-order valence-electron chi connectivity index (χ0n) is 16.8. The Labute approximate surface area is 179 Å². The molecule has 0 spiro atoms. The molecule has 0 unspecified atom stereocenters. The van der Waals surface area contributed by atoms with Gasteiger partial charge in [0.15, 0.2) is 0 Å². The molecule has 0 atom stereocenters. The monoisotopic (exact) mass is 421 g/mol. The van der Waals surface area contributed by atoms with Crippen molar-refractivity contribution in [1.82, 2.24) is 10.3 Å². The van der Waals surface area contributed by atoms with Crippen LogP contribution in [0.15, 0.2) is 60.7 Å². The molecule has 0 aliphatic carbocycles. The Hall–Kier alpha value is -3.94. The van der Waals surface area contributed by atoms with Crippen molar-refractivity contribution in [1.29, 1.82) is 0 Å². The molecule has 0 aliphatic rings. The van der Waals surface area contributed by atoms with E-state index in [0.29, 0.717) is 36.9 Å². The first-order chi connectivity index (χ1) is 15.0. The van der Waals surface area contributed by atoms with Crippen LogP contribution in [0.2, 0.25) is 0 Å². The average Bonchev–Trinajstić information content (AvgIpc) is 3.18. The number of H-pyrrole nitrogens is 1. The molecule has 3 rings (SSSR count). The van der Waals surface area contributed by atoms with Crippen LogP contribution in [0.4, 0.5) is 5.69 Å². The molecule has 0 saturated carbocycles. The second-order valence-electron chi connectivity index (χ2n) is 7.05. The van der Waals surface area contributed by atoms with E-state index < -0.39 is 16.8 Å². The van der Waals surface area contributed by atoms with E-state index in [0.717, 1.165) is 0 Å². The number of carboxylic acids is 1. The maximum Gasteiger partial charge on any atom is 0.303 e. The molecule has 3 aromatic rings. The van der Waals surface area contributed by atoms with Gasteiger partial charge in [0.2, 0.25) is 0 Å². The van der Waals surface area contributed by atoms with Gasteiger partial charge in [0.1, 0.15) is 11.4 Å². The number of nitrogens with zero attached hydrogens (tertiary/aromatic N) is 1. The molecule has 31 heavy (non-hydrogen) atoms. The molecule has 160 valence electrons. The first-order valence-corrected chi connectivity index (χ1v) is 10.00. The summed E-state index contributed by atoms with van der Waals surface area (Å²) in [6, 6.07) is 17.6. The summed E-state index contributed by atoms with van der Waals surface area (Å²) in [4.78, 5) is 38.0. The number of carbonyl (C=O) groups excluding carboxylic acids is 1. The third kappa shape index (κ3) is 5.36. The van der Waals surface area contributed by atoms with E-state index >= 15 is 0 Å². The zero-order valence-corrected chi connectivity index (χ0v) is 16.8. The number of nitrogens with one attached hydrogen (secondary N) is 2. The largest absolute Gasteiger partial charge is 0.481 e. The normalized spacial score (nSPS) is 10.6. The van der Waals surface area contributed by atoms with Crippen molar-refractivity contribution < 1.29 is 19.6 Å². The Kier molecular flexibility index (Phi) is 7.16. The summed E-state index contributed by atoms with van der Waals surface area (Å²) in [5.41, 5.74) is 1.67. The van der Waals surface area contributed by atoms with Crippen LogP contribution in [0.25, 0.3) is 22.4 Å². The third-order valence-electron chi connectivity index (χ3n) is 4.86. The van der Waals surface area contributed by atoms with Gasteiger partial charge in [-0.2, -0.15) is 0 Å². The molecule has 1 amide bonds. The minimum absolute atomic E-state index is 0.0926. The summed E-state index contributed by atoms with van der Waals surface area (Å²) in [6.45, 7) is 0.347. The SMILES string of the molecule is O=C(O)CCCCCNC(=O)c1[nH]c(-c2ccccc2)c([N+](=O)[O-])c1-c1ccccc1. The topological polar surface area (TPSA) is 125 Å². The van der Waals surface area contributed by atoms with Gasteiger partial charge in [0.05, 0.1) is 10.5 Å². The van der Waals surface area contributed by atoms with Crippen LogP contribution in [-0.4, -0.2) is 33.4 Å². The maximum atomic E-state index is 12.9. The smallest absolute Gasteiger partial charge is 0.303 e. The fraction of sp³-hybridized carbons (Fsp3) is 0.217. The second-order valence-corrected chi connectivity index (χ2v) is 7.05. The summed E-state index contributed by atoms with van der Waals surface area (Å²) in [5, 5.41) is 23.5. The standard InChI is InChI=1S/C23H23N3O5/c27-18(28)14-8-3-9-15-24-23(29)21-19(16-10-4-1-5-11-16)22(26(30)31)20(25-21)17-12-6-2-7-13-17/h1-2,4-7,10-13,25H,3,8-9,14-15H2,(H,24,29)(H,27,28). The molecule has 3 N–H and O–H groups in total. The van der Waals surface area contributed by atoms with Crippen molar-refractivity contribution in [2.75, 3.05) is 6.54 Å². The molecular formula is C23H23N3O5. The first-order valence-electron chi connectivity index (χ1n) is 10.00. The number of rotatable bonds is 10. The van der Waals surface area contributed by atoms with E-state index in [2.05, 4.69) is 10.3 Å². The van der Waals surface area contributed by atoms with Crippen LogP contribution in [0.3, 0.4) is 0 Å². The molecule has 0 aliphatic heterocycles. The van der Waals surface area contributed by atoms with Gasteiger partial charge in [-0.1, -0.05) is 67.1 Å². The molecule has 8 heteroatoms. The predicted octanol–water partition coefficient (Wildman–Crippen LogP) is 4.63. The number of aromatic amines is 1. The highest BCUT2D eigenvalue weighted by molar-refractivity contribution is 6.04. The molecule has 0 radical (unpaired) electrons. The second kappa shape index (κ2) is 10.2. The highest BCUT2D eigenvalue weighted by atomic mass is 16.6. The highest BCUT2D eigenvalue weighted by Gasteiger charge is 2.31. The predicted molar refractivity (Wildman–Crippen MR) is 117 cm³/mol. The summed E-state index contributed by atoms with van der Waals surface area (Å²) in [5.74, 6) is -1.29. The highest BCUT2D eigenvalue weighted by Crippen LogP contribution is 2.41. The van der Waals surface area contributed by atoms with E-state index in [-0.39, 0.29) is 29.1 Å². The Morgan fingerprint density at radius 2 is 1.55 bits per heavy atom. The lowest BCUT2D eigenvalue weighted by Crippen LogP contribution is -2.25. The van der Waals surface area contributed by atoms with Gasteiger partial charge >= 0.3 is 11.7 Å². The molecule has 8 nitrogen and oxygen atoms in total.